The molecule has 180 valence electrons. The van der Waals surface area contributed by atoms with Crippen molar-refractivity contribution in [2.24, 2.45) is 0 Å². The highest BCUT2D eigenvalue weighted by atomic mass is 32.2. The molecule has 0 atom stereocenters. The molecular weight excluding hydrogens is 456 g/mol. The first-order chi connectivity index (χ1) is 16.5. The molecule has 2 aromatic rings. The summed E-state index contributed by atoms with van der Waals surface area (Å²) in [5, 5.41) is 11.6. The second kappa shape index (κ2) is 10.9. The number of amides is 1. The molecule has 0 aliphatic carbocycles. The van der Waals surface area contributed by atoms with E-state index in [-0.39, 0.29) is 17.4 Å². The molecule has 2 aliphatic heterocycles. The summed E-state index contributed by atoms with van der Waals surface area (Å²) >= 11 is 0. The Bertz CT molecular complexity index is 1150. The number of carbonyl (C=O) groups excluding carboxylic acids is 1. The van der Waals surface area contributed by atoms with Gasteiger partial charge in [0, 0.05) is 26.2 Å². The third kappa shape index (κ3) is 5.67. The van der Waals surface area contributed by atoms with Crippen LogP contribution in [0, 0.1) is 11.3 Å². The molecule has 9 nitrogen and oxygen atoms in total. The van der Waals surface area contributed by atoms with Gasteiger partial charge in [-0.15, -0.1) is 0 Å². The van der Waals surface area contributed by atoms with Crippen LogP contribution in [0.5, 0.6) is 5.75 Å². The maximum atomic E-state index is 13.1. The number of hydrogen-bond donors (Lipinski definition) is 1. The second-order valence-electron chi connectivity index (χ2n) is 8.21. The van der Waals surface area contributed by atoms with Crippen molar-refractivity contribution in [3.63, 3.8) is 0 Å². The number of carbonyl (C=O) groups is 1. The van der Waals surface area contributed by atoms with Crippen molar-refractivity contribution in [3.8, 4) is 11.8 Å². The fraction of sp³-hybridized carbons (Fsp3) is 0.417. The summed E-state index contributed by atoms with van der Waals surface area (Å²) in [7, 11) is -3.70. The van der Waals surface area contributed by atoms with E-state index in [1.54, 1.807) is 36.4 Å². The summed E-state index contributed by atoms with van der Waals surface area (Å²) in [5.74, 6) is 0.128. The normalized spacial score (nSPS) is 16.7. The molecule has 10 heteroatoms. The van der Waals surface area contributed by atoms with Gasteiger partial charge >= 0.3 is 0 Å². The Morgan fingerprint density at radius 1 is 1.06 bits per heavy atom. The molecule has 2 saturated heterocycles. The molecule has 1 N–H and O–H groups in total. The summed E-state index contributed by atoms with van der Waals surface area (Å²) in [5.41, 5.74) is 2.12. The standard InChI is InChI=1S/C24H28N4O5S/c25-10-9-19-3-5-20(6-4-19)33-18-24(29)26-22-17-21(7-8-23(22)27-11-1-2-12-27)34(30,31)28-13-15-32-16-14-28/h3-8,17H,1-2,9,11-16,18H2,(H,26,29). The minimum Gasteiger partial charge on any atom is -0.484 e. The van der Waals surface area contributed by atoms with E-state index in [4.69, 9.17) is 14.7 Å². The Morgan fingerprint density at radius 2 is 1.76 bits per heavy atom. The molecule has 0 spiro atoms. The fourth-order valence-electron chi connectivity index (χ4n) is 4.08. The third-order valence-electron chi connectivity index (χ3n) is 5.87. The lowest BCUT2D eigenvalue weighted by atomic mass is 10.2. The monoisotopic (exact) mass is 484 g/mol. The molecule has 2 aliphatic rings. The van der Waals surface area contributed by atoms with Crippen LogP contribution in [0.2, 0.25) is 0 Å². The van der Waals surface area contributed by atoms with E-state index in [9.17, 15) is 13.2 Å². The third-order valence-corrected chi connectivity index (χ3v) is 7.77. The minimum absolute atomic E-state index is 0.140. The topological polar surface area (TPSA) is 112 Å². The average molecular weight is 485 g/mol. The van der Waals surface area contributed by atoms with E-state index in [0.717, 1.165) is 37.2 Å². The quantitative estimate of drug-likeness (QED) is 0.612. The van der Waals surface area contributed by atoms with E-state index in [1.165, 1.54) is 10.4 Å². The van der Waals surface area contributed by atoms with Gasteiger partial charge in [0.15, 0.2) is 6.61 Å². The molecule has 2 fully saturated rings. The Kier molecular flexibility index (Phi) is 7.67. The fourth-order valence-corrected chi connectivity index (χ4v) is 5.51. The molecule has 0 saturated carbocycles. The highest BCUT2D eigenvalue weighted by Gasteiger charge is 2.28. The number of anilines is 2. The molecule has 34 heavy (non-hydrogen) atoms. The molecular formula is C24H28N4O5S. The molecule has 2 aromatic carbocycles. The highest BCUT2D eigenvalue weighted by Crippen LogP contribution is 2.32. The zero-order chi connectivity index (χ0) is 24.0. The van der Waals surface area contributed by atoms with Crippen LogP contribution in [0.25, 0.3) is 0 Å². The summed E-state index contributed by atoms with van der Waals surface area (Å²) in [6.45, 7) is 2.82. The molecule has 0 radical (unpaired) electrons. The first kappa shape index (κ1) is 24.0. The van der Waals surface area contributed by atoms with Gasteiger partial charge in [0.1, 0.15) is 5.75 Å². The van der Waals surface area contributed by atoms with Gasteiger partial charge in [-0.1, -0.05) is 12.1 Å². The Morgan fingerprint density at radius 3 is 2.44 bits per heavy atom. The summed E-state index contributed by atoms with van der Waals surface area (Å²) < 4.78 is 38.6. The lowest BCUT2D eigenvalue weighted by Gasteiger charge is -2.27. The molecule has 1 amide bonds. The van der Waals surface area contributed by atoms with Crippen molar-refractivity contribution in [3.05, 3.63) is 48.0 Å². The predicted molar refractivity (Wildman–Crippen MR) is 127 cm³/mol. The lowest BCUT2D eigenvalue weighted by molar-refractivity contribution is -0.118. The van der Waals surface area contributed by atoms with Crippen molar-refractivity contribution in [1.82, 2.24) is 4.31 Å². The van der Waals surface area contributed by atoms with Crippen LogP contribution in [0.15, 0.2) is 47.4 Å². The Hall–Kier alpha value is -3.13. The summed E-state index contributed by atoms with van der Waals surface area (Å²) in [6, 6.07) is 14.0. The Balaban J connectivity index is 1.50. The summed E-state index contributed by atoms with van der Waals surface area (Å²) in [4.78, 5) is 15.0. The minimum atomic E-state index is -3.70. The average Bonchev–Trinajstić information content (AvgIpc) is 3.39. The van der Waals surface area contributed by atoms with Gasteiger partial charge in [0.25, 0.3) is 5.91 Å². The number of rotatable bonds is 8. The zero-order valence-corrected chi connectivity index (χ0v) is 19.7. The van der Waals surface area contributed by atoms with E-state index in [0.29, 0.717) is 44.2 Å². The largest absolute Gasteiger partial charge is 0.484 e. The van der Waals surface area contributed by atoms with Crippen molar-refractivity contribution >= 4 is 27.3 Å². The maximum absolute atomic E-state index is 13.1. The smallest absolute Gasteiger partial charge is 0.262 e. The number of morpholine rings is 1. The van der Waals surface area contributed by atoms with Crippen LogP contribution in [-0.4, -0.2) is 64.6 Å². The number of benzene rings is 2. The van der Waals surface area contributed by atoms with Crippen LogP contribution in [0.1, 0.15) is 18.4 Å². The van der Waals surface area contributed by atoms with E-state index in [1.807, 2.05) is 0 Å². The predicted octanol–water partition coefficient (Wildman–Crippen LogP) is 2.39. The molecule has 2 heterocycles. The maximum Gasteiger partial charge on any atom is 0.262 e. The zero-order valence-electron chi connectivity index (χ0n) is 18.9. The van der Waals surface area contributed by atoms with Crippen molar-refractivity contribution in [1.29, 1.82) is 5.26 Å². The van der Waals surface area contributed by atoms with Gasteiger partial charge in [-0.25, -0.2) is 8.42 Å². The molecule has 0 unspecified atom stereocenters. The van der Waals surface area contributed by atoms with Crippen molar-refractivity contribution < 1.29 is 22.7 Å². The number of ether oxygens (including phenoxy) is 2. The van der Waals surface area contributed by atoms with E-state index < -0.39 is 10.0 Å². The van der Waals surface area contributed by atoms with E-state index in [2.05, 4.69) is 16.3 Å². The molecule has 0 aromatic heterocycles. The van der Waals surface area contributed by atoms with Crippen LogP contribution in [0.3, 0.4) is 0 Å². The van der Waals surface area contributed by atoms with E-state index >= 15 is 0 Å². The SMILES string of the molecule is N#CCc1ccc(OCC(=O)Nc2cc(S(=O)(=O)N3CCOCC3)ccc2N2CCCC2)cc1. The second-order valence-corrected chi connectivity index (χ2v) is 10.1. The molecule has 0 bridgehead atoms. The number of sulfonamides is 1. The van der Waals surface area contributed by atoms with Gasteiger partial charge in [-0.2, -0.15) is 9.57 Å². The van der Waals surface area contributed by atoms with Crippen LogP contribution in [-0.2, 0) is 26.0 Å². The van der Waals surface area contributed by atoms with Crippen LogP contribution < -0.4 is 15.0 Å². The van der Waals surface area contributed by atoms with Gasteiger partial charge < -0.3 is 19.7 Å². The number of nitriles is 1. The van der Waals surface area contributed by atoms with Crippen LogP contribution >= 0.6 is 0 Å². The lowest BCUT2D eigenvalue weighted by Crippen LogP contribution is -2.40. The number of nitrogens with zero attached hydrogens (tertiary/aromatic N) is 3. The van der Waals surface area contributed by atoms with Gasteiger partial charge in [0.2, 0.25) is 10.0 Å². The summed E-state index contributed by atoms with van der Waals surface area (Å²) in [6.07, 6.45) is 2.40. The van der Waals surface area contributed by atoms with Crippen LogP contribution in [0.4, 0.5) is 11.4 Å². The first-order valence-corrected chi connectivity index (χ1v) is 12.8. The van der Waals surface area contributed by atoms with Gasteiger partial charge in [-0.3, -0.25) is 4.79 Å². The number of hydrogen-bond acceptors (Lipinski definition) is 7. The van der Waals surface area contributed by atoms with Crippen molar-refractivity contribution in [2.45, 2.75) is 24.2 Å². The highest BCUT2D eigenvalue weighted by molar-refractivity contribution is 7.89. The van der Waals surface area contributed by atoms with Gasteiger partial charge in [0.05, 0.1) is 42.0 Å². The van der Waals surface area contributed by atoms with Gasteiger partial charge in [-0.05, 0) is 48.7 Å². The molecule has 4 rings (SSSR count). The Labute approximate surface area is 199 Å². The number of nitrogens with one attached hydrogen (secondary N) is 1. The first-order valence-electron chi connectivity index (χ1n) is 11.3. The van der Waals surface area contributed by atoms with Crippen molar-refractivity contribution in [2.75, 3.05) is 56.2 Å².